The van der Waals surface area contributed by atoms with Crippen molar-refractivity contribution in [3.8, 4) is 23.3 Å². The Kier molecular flexibility index (Phi) is 5.58. The minimum absolute atomic E-state index is 0.0126. The van der Waals surface area contributed by atoms with Gasteiger partial charge in [0.05, 0.1) is 21.3 Å². The summed E-state index contributed by atoms with van der Waals surface area (Å²) in [6, 6.07) is 13.8. The highest BCUT2D eigenvalue weighted by Gasteiger charge is 2.13. The Morgan fingerprint density at radius 3 is 2.12 bits per heavy atom. The van der Waals surface area contributed by atoms with Gasteiger partial charge < -0.3 is 14.2 Å². The highest BCUT2D eigenvalue weighted by atomic mass is 16.5. The Morgan fingerprint density at radius 2 is 1.58 bits per heavy atom. The lowest BCUT2D eigenvalue weighted by Gasteiger charge is -2.07. The molecule has 0 aliphatic carbocycles. The lowest BCUT2D eigenvalue weighted by molar-refractivity contribution is 0.103. The second-order valence-corrected chi connectivity index (χ2v) is 4.88. The number of ether oxygens (including phenoxy) is 3. The van der Waals surface area contributed by atoms with Crippen LogP contribution in [0.1, 0.15) is 15.9 Å². The van der Waals surface area contributed by atoms with Crippen LogP contribution in [0, 0.1) is 11.3 Å². The van der Waals surface area contributed by atoms with Crippen LogP contribution < -0.4 is 14.2 Å². The van der Waals surface area contributed by atoms with Crippen LogP contribution in [0.15, 0.2) is 48.0 Å². The molecule has 0 aromatic heterocycles. The van der Waals surface area contributed by atoms with Crippen molar-refractivity contribution in [3.63, 3.8) is 0 Å². The average Bonchev–Trinajstić information content (AvgIpc) is 2.65. The second-order valence-electron chi connectivity index (χ2n) is 4.88. The van der Waals surface area contributed by atoms with E-state index in [9.17, 15) is 10.1 Å². The van der Waals surface area contributed by atoms with E-state index in [1.807, 2.05) is 6.07 Å². The number of rotatable bonds is 6. The normalized spacial score (nSPS) is 10.7. The van der Waals surface area contributed by atoms with E-state index in [1.165, 1.54) is 27.4 Å². The molecule has 5 nitrogen and oxygen atoms in total. The van der Waals surface area contributed by atoms with Crippen molar-refractivity contribution in [2.24, 2.45) is 0 Å². The molecule has 5 heteroatoms. The summed E-state index contributed by atoms with van der Waals surface area (Å²) < 4.78 is 15.5. The maximum atomic E-state index is 12.5. The molecule has 2 aromatic carbocycles. The zero-order chi connectivity index (χ0) is 17.5. The summed E-state index contributed by atoms with van der Waals surface area (Å²) in [4.78, 5) is 12.5. The summed E-state index contributed by atoms with van der Waals surface area (Å²) in [7, 11) is 4.59. The number of allylic oxidation sites excluding steroid dienone is 1. The first-order chi connectivity index (χ1) is 11.6. The topological polar surface area (TPSA) is 68.5 Å². The molecular formula is C19H17NO4. The maximum Gasteiger partial charge on any atom is 0.203 e. The van der Waals surface area contributed by atoms with E-state index >= 15 is 0 Å². The SMILES string of the molecule is COc1cc(/C=C(\C#N)C(=O)c2cccc(OC)c2)cc(OC)c1. The number of hydrogen-bond donors (Lipinski definition) is 0. The van der Waals surface area contributed by atoms with Gasteiger partial charge in [0.1, 0.15) is 28.9 Å². The van der Waals surface area contributed by atoms with Gasteiger partial charge >= 0.3 is 0 Å². The molecule has 0 aliphatic heterocycles. The number of carbonyl (C=O) groups is 1. The summed E-state index contributed by atoms with van der Waals surface area (Å²) >= 11 is 0. The molecule has 0 amide bonds. The number of hydrogen-bond acceptors (Lipinski definition) is 5. The first kappa shape index (κ1) is 17.1. The van der Waals surface area contributed by atoms with Crippen molar-refractivity contribution in [1.29, 1.82) is 5.26 Å². The molecule has 0 radical (unpaired) electrons. The van der Waals surface area contributed by atoms with Crippen LogP contribution in [0.4, 0.5) is 0 Å². The maximum absolute atomic E-state index is 12.5. The molecule has 0 saturated carbocycles. The standard InChI is InChI=1S/C19H17NO4/c1-22-16-6-4-5-14(10-16)19(21)15(12-20)7-13-8-17(23-2)11-18(9-13)24-3/h4-11H,1-3H3/b15-7+. The molecule has 0 heterocycles. The Bertz CT molecular complexity index is 796. The smallest absolute Gasteiger partial charge is 0.203 e. The highest BCUT2D eigenvalue weighted by molar-refractivity contribution is 6.14. The van der Waals surface area contributed by atoms with Crippen molar-refractivity contribution in [1.82, 2.24) is 0 Å². The van der Waals surface area contributed by atoms with E-state index in [1.54, 1.807) is 42.5 Å². The summed E-state index contributed by atoms with van der Waals surface area (Å²) in [6.45, 7) is 0. The van der Waals surface area contributed by atoms with Gasteiger partial charge in [-0.3, -0.25) is 4.79 Å². The molecular weight excluding hydrogens is 306 g/mol. The van der Waals surface area contributed by atoms with Crippen molar-refractivity contribution >= 4 is 11.9 Å². The number of Topliss-reactive ketones (excluding diaryl/α,β-unsaturated/α-hetero) is 1. The van der Waals surface area contributed by atoms with Gasteiger partial charge in [0, 0.05) is 11.6 Å². The van der Waals surface area contributed by atoms with Crippen LogP contribution in [0.3, 0.4) is 0 Å². The molecule has 2 rings (SSSR count). The summed E-state index contributed by atoms with van der Waals surface area (Å²) in [5.74, 6) is 1.33. The zero-order valence-corrected chi connectivity index (χ0v) is 13.7. The van der Waals surface area contributed by atoms with Gasteiger partial charge in [-0.1, -0.05) is 12.1 Å². The van der Waals surface area contributed by atoms with Crippen LogP contribution in [-0.2, 0) is 0 Å². The van der Waals surface area contributed by atoms with Crippen LogP contribution in [-0.4, -0.2) is 27.1 Å². The molecule has 0 atom stereocenters. The van der Waals surface area contributed by atoms with Crippen LogP contribution >= 0.6 is 0 Å². The fourth-order valence-electron chi connectivity index (χ4n) is 2.15. The minimum Gasteiger partial charge on any atom is -0.497 e. The van der Waals surface area contributed by atoms with Gasteiger partial charge in [-0.15, -0.1) is 0 Å². The number of carbonyl (C=O) groups excluding carboxylic acids is 1. The van der Waals surface area contributed by atoms with Crippen molar-refractivity contribution < 1.29 is 19.0 Å². The molecule has 2 aromatic rings. The Hall–Kier alpha value is -3.26. The largest absolute Gasteiger partial charge is 0.497 e. The molecule has 24 heavy (non-hydrogen) atoms. The molecule has 0 spiro atoms. The van der Waals surface area contributed by atoms with E-state index < -0.39 is 0 Å². The molecule has 0 bridgehead atoms. The van der Waals surface area contributed by atoms with Gasteiger partial charge in [-0.2, -0.15) is 5.26 Å². The number of ketones is 1. The first-order valence-electron chi connectivity index (χ1n) is 7.15. The Labute approximate surface area is 140 Å². The Morgan fingerprint density at radius 1 is 0.958 bits per heavy atom. The van der Waals surface area contributed by atoms with Gasteiger partial charge in [-0.05, 0) is 35.9 Å². The van der Waals surface area contributed by atoms with Gasteiger partial charge in [-0.25, -0.2) is 0 Å². The van der Waals surface area contributed by atoms with Crippen molar-refractivity contribution in [2.75, 3.05) is 21.3 Å². The molecule has 0 aliphatic rings. The predicted octanol–water partition coefficient (Wildman–Crippen LogP) is 3.50. The third-order valence-corrected chi connectivity index (χ3v) is 3.38. The molecule has 0 fully saturated rings. The average molecular weight is 323 g/mol. The zero-order valence-electron chi connectivity index (χ0n) is 13.7. The lowest BCUT2D eigenvalue weighted by atomic mass is 10.0. The third kappa shape index (κ3) is 3.93. The van der Waals surface area contributed by atoms with Gasteiger partial charge in [0.2, 0.25) is 5.78 Å². The Balaban J connectivity index is 2.42. The quantitative estimate of drug-likeness (QED) is 0.462. The van der Waals surface area contributed by atoms with Crippen molar-refractivity contribution in [3.05, 3.63) is 59.2 Å². The second kappa shape index (κ2) is 7.84. The molecule has 122 valence electrons. The summed E-state index contributed by atoms with van der Waals surface area (Å²) in [5, 5.41) is 9.37. The fraction of sp³-hybridized carbons (Fsp3) is 0.158. The highest BCUT2D eigenvalue weighted by Crippen LogP contribution is 2.25. The summed E-state index contributed by atoms with van der Waals surface area (Å²) in [6.07, 6.45) is 1.51. The monoisotopic (exact) mass is 323 g/mol. The summed E-state index contributed by atoms with van der Waals surface area (Å²) in [5.41, 5.74) is 1.04. The first-order valence-corrected chi connectivity index (χ1v) is 7.15. The van der Waals surface area contributed by atoms with E-state index in [2.05, 4.69) is 0 Å². The van der Waals surface area contributed by atoms with Gasteiger partial charge in [0.25, 0.3) is 0 Å². The predicted molar refractivity (Wildman–Crippen MR) is 90.5 cm³/mol. The van der Waals surface area contributed by atoms with Crippen LogP contribution in [0.5, 0.6) is 17.2 Å². The minimum atomic E-state index is -0.377. The van der Waals surface area contributed by atoms with E-state index in [0.29, 0.717) is 28.4 Å². The number of nitrogens with zero attached hydrogens (tertiary/aromatic N) is 1. The fourth-order valence-corrected chi connectivity index (χ4v) is 2.15. The van der Waals surface area contributed by atoms with E-state index in [0.717, 1.165) is 0 Å². The van der Waals surface area contributed by atoms with E-state index in [4.69, 9.17) is 14.2 Å². The van der Waals surface area contributed by atoms with Gasteiger partial charge in [0.15, 0.2) is 0 Å². The van der Waals surface area contributed by atoms with E-state index in [-0.39, 0.29) is 11.4 Å². The molecule has 0 unspecified atom stereocenters. The molecule has 0 N–H and O–H groups in total. The number of nitriles is 1. The van der Waals surface area contributed by atoms with Crippen molar-refractivity contribution in [2.45, 2.75) is 0 Å². The van der Waals surface area contributed by atoms with Crippen LogP contribution in [0.25, 0.3) is 6.08 Å². The molecule has 0 saturated heterocycles. The number of benzene rings is 2. The lowest BCUT2D eigenvalue weighted by Crippen LogP contribution is -2.02. The van der Waals surface area contributed by atoms with Crippen LogP contribution in [0.2, 0.25) is 0 Å². The third-order valence-electron chi connectivity index (χ3n) is 3.38. The number of methoxy groups -OCH3 is 3.